The van der Waals surface area contributed by atoms with Crippen LogP contribution in [0.3, 0.4) is 0 Å². The second kappa shape index (κ2) is 3.49. The number of nitrogens with zero attached hydrogens (tertiary/aromatic N) is 1. The summed E-state index contributed by atoms with van der Waals surface area (Å²) >= 11 is 0.999. The summed E-state index contributed by atoms with van der Waals surface area (Å²) in [6, 6.07) is -1.14. The van der Waals surface area contributed by atoms with Gasteiger partial charge in [-0.3, -0.25) is 9.36 Å². The van der Waals surface area contributed by atoms with Crippen molar-refractivity contribution in [2.75, 3.05) is 0 Å². The fraction of sp³-hybridized carbons (Fsp3) is 0.750. The first-order valence-corrected chi connectivity index (χ1v) is 7.51. The number of hydrogen-bond donors (Lipinski definition) is 4. The molecular weight excluding hydrogens is 283 g/mol. The first-order valence-electron chi connectivity index (χ1n) is 5.02. The summed E-state index contributed by atoms with van der Waals surface area (Å²) < 4.78 is 10.5. The lowest BCUT2D eigenvalue weighted by atomic mass is 9.96. The third kappa shape index (κ3) is 1.42. The number of nitrogens with two attached hydrogens (primary N) is 1. The Hall–Kier alpha value is -0.600. The summed E-state index contributed by atoms with van der Waals surface area (Å²) in [6.45, 7) is 3.20. The number of thioether (sulfide) groups is 1. The van der Waals surface area contributed by atoms with E-state index in [9.17, 15) is 23.9 Å². The minimum absolute atomic E-state index is 0.859. The van der Waals surface area contributed by atoms with Gasteiger partial charge in [-0.05, 0) is 13.8 Å². The predicted octanol–water partition coefficient (Wildman–Crippen LogP) is -1.03. The first-order chi connectivity index (χ1) is 7.94. The highest BCUT2D eigenvalue weighted by atomic mass is 32.2. The SMILES string of the molecule is CC1(C)S[C@H]2N(C(=O)C2(N)P(=O)(O)O)[C@H]1C(=O)O. The van der Waals surface area contributed by atoms with Crippen LogP contribution in [0.25, 0.3) is 0 Å². The van der Waals surface area contributed by atoms with Gasteiger partial charge in [0.2, 0.25) is 5.28 Å². The molecule has 2 rings (SSSR count). The van der Waals surface area contributed by atoms with Crippen LogP contribution in [-0.2, 0) is 14.2 Å². The van der Waals surface area contributed by atoms with Crippen molar-refractivity contribution in [1.29, 1.82) is 0 Å². The normalized spacial score (nSPS) is 38.3. The van der Waals surface area contributed by atoms with Crippen molar-refractivity contribution in [2.45, 2.75) is 35.3 Å². The van der Waals surface area contributed by atoms with Crippen molar-refractivity contribution in [3.8, 4) is 0 Å². The second-order valence-electron chi connectivity index (χ2n) is 4.90. The van der Waals surface area contributed by atoms with Gasteiger partial charge in [0, 0.05) is 4.75 Å². The van der Waals surface area contributed by atoms with Crippen LogP contribution >= 0.6 is 19.4 Å². The van der Waals surface area contributed by atoms with E-state index in [-0.39, 0.29) is 0 Å². The molecule has 0 spiro atoms. The van der Waals surface area contributed by atoms with Crippen LogP contribution in [0.4, 0.5) is 0 Å². The Balaban J connectivity index is 2.45. The Morgan fingerprint density at radius 1 is 1.50 bits per heavy atom. The van der Waals surface area contributed by atoms with Crippen molar-refractivity contribution in [3.05, 3.63) is 0 Å². The number of fused-ring (bicyclic) bond motifs is 1. The third-order valence-corrected chi connectivity index (χ3v) is 6.50. The standard InChI is InChI=1S/C8H13N2O6PS/c1-7(2)3(4(11)12)10-5(13)8(9,6(10)18-7)17(14,15)16/h3,6H,9H2,1-2H3,(H,11,12)(H2,14,15,16)/t3-,6+,8?/m0/s1. The van der Waals surface area contributed by atoms with Crippen molar-refractivity contribution >= 4 is 31.2 Å². The van der Waals surface area contributed by atoms with Gasteiger partial charge in [0.15, 0.2) is 0 Å². The summed E-state index contributed by atoms with van der Waals surface area (Å²) in [5.74, 6) is -2.22. The van der Waals surface area contributed by atoms with Gasteiger partial charge >= 0.3 is 13.6 Å². The van der Waals surface area contributed by atoms with Crippen molar-refractivity contribution in [2.24, 2.45) is 5.73 Å². The molecular formula is C8H13N2O6PS. The zero-order valence-electron chi connectivity index (χ0n) is 9.60. The summed E-state index contributed by atoms with van der Waals surface area (Å²) in [7, 11) is -4.85. The molecule has 2 fully saturated rings. The highest BCUT2D eigenvalue weighted by molar-refractivity contribution is 8.02. The number of aliphatic carboxylic acids is 1. The van der Waals surface area contributed by atoms with E-state index in [1.54, 1.807) is 13.8 Å². The lowest BCUT2D eigenvalue weighted by Gasteiger charge is -2.50. The molecule has 0 saturated carbocycles. The Bertz CT molecular complexity index is 490. The molecule has 0 aliphatic carbocycles. The summed E-state index contributed by atoms with van der Waals surface area (Å²) in [5.41, 5.74) is 5.52. The van der Waals surface area contributed by atoms with Gasteiger partial charge in [-0.2, -0.15) is 0 Å². The maximum atomic E-state index is 11.8. The van der Waals surface area contributed by atoms with Gasteiger partial charge in [0.25, 0.3) is 5.91 Å². The van der Waals surface area contributed by atoms with E-state index in [1.165, 1.54) is 0 Å². The lowest BCUT2D eigenvalue weighted by molar-refractivity contribution is -0.161. The zero-order valence-corrected chi connectivity index (χ0v) is 11.3. The number of carbonyl (C=O) groups excluding carboxylic acids is 1. The van der Waals surface area contributed by atoms with Crippen LogP contribution in [-0.4, -0.2) is 53.1 Å². The van der Waals surface area contributed by atoms with E-state index in [4.69, 9.17) is 10.8 Å². The van der Waals surface area contributed by atoms with E-state index in [0.29, 0.717) is 0 Å². The largest absolute Gasteiger partial charge is 0.480 e. The van der Waals surface area contributed by atoms with Crippen molar-refractivity contribution in [3.63, 3.8) is 0 Å². The fourth-order valence-corrected chi connectivity index (χ4v) is 5.21. The van der Waals surface area contributed by atoms with Gasteiger partial charge in [-0.1, -0.05) is 0 Å². The van der Waals surface area contributed by atoms with Crippen molar-refractivity contribution in [1.82, 2.24) is 4.90 Å². The second-order valence-corrected chi connectivity index (χ2v) is 8.46. The van der Waals surface area contributed by atoms with Gasteiger partial charge in [-0.15, -0.1) is 11.8 Å². The first kappa shape index (κ1) is 13.8. The van der Waals surface area contributed by atoms with E-state index >= 15 is 0 Å². The lowest BCUT2D eigenvalue weighted by Crippen LogP contribution is -2.77. The highest BCUT2D eigenvalue weighted by Gasteiger charge is 2.76. The Labute approximate surface area is 107 Å². The smallest absolute Gasteiger partial charge is 0.357 e. The molecule has 0 aromatic carbocycles. The maximum Gasteiger partial charge on any atom is 0.357 e. The number of β-lactam (4-membered cyclic amide) rings is 1. The average Bonchev–Trinajstić information content (AvgIpc) is 2.45. The van der Waals surface area contributed by atoms with E-state index in [0.717, 1.165) is 16.7 Å². The quantitative estimate of drug-likeness (QED) is 0.374. The Morgan fingerprint density at radius 3 is 2.39 bits per heavy atom. The molecule has 0 radical (unpaired) electrons. The monoisotopic (exact) mass is 296 g/mol. The molecule has 2 heterocycles. The van der Waals surface area contributed by atoms with Gasteiger partial charge < -0.3 is 25.5 Å². The fourth-order valence-electron chi connectivity index (χ4n) is 2.34. The molecule has 2 aliphatic rings. The Morgan fingerprint density at radius 2 is 2.00 bits per heavy atom. The number of carboxylic acids is 1. The summed E-state index contributed by atoms with van der Waals surface area (Å²) in [4.78, 5) is 42.3. The number of carboxylic acid groups (broad SMARTS) is 1. The molecule has 1 amide bonds. The number of rotatable bonds is 2. The van der Waals surface area contributed by atoms with Crippen LogP contribution in [0, 0.1) is 0 Å². The minimum Gasteiger partial charge on any atom is -0.480 e. The maximum absolute atomic E-state index is 11.8. The highest BCUT2D eigenvalue weighted by Crippen LogP contribution is 2.65. The molecule has 3 atom stereocenters. The minimum atomic E-state index is -4.85. The zero-order chi connectivity index (χ0) is 14.1. The molecule has 8 nitrogen and oxygen atoms in total. The number of amides is 1. The van der Waals surface area contributed by atoms with Crippen LogP contribution in [0.1, 0.15) is 13.8 Å². The van der Waals surface area contributed by atoms with Crippen molar-refractivity contribution < 1.29 is 29.0 Å². The predicted molar refractivity (Wildman–Crippen MR) is 62.7 cm³/mol. The molecule has 10 heteroatoms. The third-order valence-electron chi connectivity index (χ3n) is 3.27. The van der Waals surface area contributed by atoms with Crippen LogP contribution < -0.4 is 5.73 Å². The van der Waals surface area contributed by atoms with Gasteiger partial charge in [0.05, 0.1) is 0 Å². The molecule has 2 aliphatic heterocycles. The van der Waals surface area contributed by atoms with Crippen LogP contribution in [0.2, 0.25) is 0 Å². The molecule has 0 bridgehead atoms. The molecule has 5 N–H and O–H groups in total. The molecule has 0 aromatic heterocycles. The molecule has 0 aromatic rings. The Kier molecular flexibility index (Phi) is 2.68. The summed E-state index contributed by atoms with van der Waals surface area (Å²) in [5, 5.41) is 5.80. The topological polar surface area (TPSA) is 141 Å². The van der Waals surface area contributed by atoms with Crippen LogP contribution in [0.5, 0.6) is 0 Å². The summed E-state index contributed by atoms with van der Waals surface area (Å²) in [6.07, 6.45) is 0. The van der Waals surface area contributed by atoms with E-state index < -0.39 is 40.9 Å². The van der Waals surface area contributed by atoms with Crippen LogP contribution in [0.15, 0.2) is 0 Å². The molecule has 2 saturated heterocycles. The number of hydrogen-bond acceptors (Lipinski definition) is 5. The van der Waals surface area contributed by atoms with Gasteiger partial charge in [-0.25, -0.2) is 4.79 Å². The molecule has 18 heavy (non-hydrogen) atoms. The molecule has 1 unspecified atom stereocenters. The average molecular weight is 296 g/mol. The van der Waals surface area contributed by atoms with E-state index in [1.807, 2.05) is 0 Å². The molecule has 102 valence electrons. The van der Waals surface area contributed by atoms with E-state index in [2.05, 4.69) is 0 Å². The number of carbonyl (C=O) groups is 2. The van der Waals surface area contributed by atoms with Gasteiger partial charge in [0.1, 0.15) is 11.4 Å².